The van der Waals surface area contributed by atoms with E-state index in [2.05, 4.69) is 15.0 Å². The van der Waals surface area contributed by atoms with Crippen LogP contribution >= 0.6 is 0 Å². The molecule has 0 aliphatic heterocycles. The molecule has 1 heterocycles. The zero-order chi connectivity index (χ0) is 14.8. The predicted octanol–water partition coefficient (Wildman–Crippen LogP) is 2.54. The Morgan fingerprint density at radius 3 is 2.45 bits per heavy atom. The largest absolute Gasteiger partial charge is 0.373 e. The number of aryl methyl sites for hydroxylation is 1. The van der Waals surface area contributed by atoms with Gasteiger partial charge < -0.3 is 5.32 Å². The highest BCUT2D eigenvalue weighted by atomic mass is 32.2. The van der Waals surface area contributed by atoms with Gasteiger partial charge in [0.05, 0.1) is 5.69 Å². The molecule has 2 N–H and O–H groups in total. The lowest BCUT2D eigenvalue weighted by atomic mass is 10.1. The maximum atomic E-state index is 12.3. The molecule has 0 fully saturated rings. The molecular formula is C14H17N3O2S. The normalized spacial score (nSPS) is 11.2. The molecule has 0 aliphatic carbocycles. The van der Waals surface area contributed by atoms with Crippen LogP contribution in [-0.4, -0.2) is 20.4 Å². The average Bonchev–Trinajstić information content (AvgIpc) is 2.44. The fourth-order valence-electron chi connectivity index (χ4n) is 1.75. The van der Waals surface area contributed by atoms with Gasteiger partial charge in [-0.2, -0.15) is 0 Å². The van der Waals surface area contributed by atoms with E-state index >= 15 is 0 Å². The van der Waals surface area contributed by atoms with Crippen LogP contribution in [0.5, 0.6) is 0 Å². The van der Waals surface area contributed by atoms with Gasteiger partial charge in [-0.25, -0.2) is 13.4 Å². The molecule has 2 aromatic rings. The van der Waals surface area contributed by atoms with E-state index < -0.39 is 10.0 Å². The van der Waals surface area contributed by atoms with E-state index in [0.717, 1.165) is 11.1 Å². The Kier molecular flexibility index (Phi) is 3.94. The van der Waals surface area contributed by atoms with Gasteiger partial charge in [0, 0.05) is 13.2 Å². The summed E-state index contributed by atoms with van der Waals surface area (Å²) < 4.78 is 27.2. The first-order valence-electron chi connectivity index (χ1n) is 6.17. The van der Waals surface area contributed by atoms with Crippen molar-refractivity contribution in [2.75, 3.05) is 17.1 Å². The highest BCUT2D eigenvalue weighted by Crippen LogP contribution is 2.22. The van der Waals surface area contributed by atoms with Gasteiger partial charge in [-0.3, -0.25) is 4.72 Å². The van der Waals surface area contributed by atoms with Crippen LogP contribution in [0.25, 0.3) is 0 Å². The number of rotatable bonds is 4. The molecular weight excluding hydrogens is 274 g/mol. The van der Waals surface area contributed by atoms with Crippen LogP contribution in [0.3, 0.4) is 0 Å². The highest BCUT2D eigenvalue weighted by Gasteiger charge is 2.16. The number of nitrogens with one attached hydrogen (secondary N) is 2. The second-order valence-electron chi connectivity index (χ2n) is 4.48. The molecule has 2 rings (SSSR count). The lowest BCUT2D eigenvalue weighted by Gasteiger charge is -2.12. The second-order valence-corrected chi connectivity index (χ2v) is 6.16. The number of pyridine rings is 1. The van der Waals surface area contributed by atoms with Gasteiger partial charge in [-0.15, -0.1) is 0 Å². The molecule has 0 amide bonds. The summed E-state index contributed by atoms with van der Waals surface area (Å²) in [7, 11) is -1.89. The zero-order valence-corrected chi connectivity index (χ0v) is 12.5. The van der Waals surface area contributed by atoms with Gasteiger partial charge in [0.2, 0.25) is 0 Å². The summed E-state index contributed by atoms with van der Waals surface area (Å²) in [6, 6.07) is 8.65. The van der Waals surface area contributed by atoms with Crippen molar-refractivity contribution < 1.29 is 8.42 Å². The fraction of sp³-hybridized carbons (Fsp3) is 0.214. The predicted molar refractivity (Wildman–Crippen MR) is 80.5 cm³/mol. The Balaban J connectivity index is 2.33. The van der Waals surface area contributed by atoms with Crippen LogP contribution in [0.2, 0.25) is 0 Å². The number of nitrogens with zero attached hydrogens (tertiary/aromatic N) is 1. The van der Waals surface area contributed by atoms with E-state index in [-0.39, 0.29) is 4.90 Å². The highest BCUT2D eigenvalue weighted by molar-refractivity contribution is 7.92. The summed E-state index contributed by atoms with van der Waals surface area (Å²) in [4.78, 5) is 4.15. The average molecular weight is 291 g/mol. The van der Waals surface area contributed by atoms with Crippen LogP contribution in [0.15, 0.2) is 41.4 Å². The Hall–Kier alpha value is -2.08. The summed E-state index contributed by atoms with van der Waals surface area (Å²) in [6.07, 6.45) is 1.33. The van der Waals surface area contributed by atoms with Crippen molar-refractivity contribution in [3.05, 3.63) is 47.7 Å². The molecule has 5 nitrogen and oxygen atoms in total. The topological polar surface area (TPSA) is 71.1 Å². The molecule has 0 aliphatic rings. The Labute approximate surface area is 119 Å². The molecule has 0 bridgehead atoms. The Morgan fingerprint density at radius 1 is 1.10 bits per heavy atom. The van der Waals surface area contributed by atoms with Crippen molar-refractivity contribution >= 4 is 21.5 Å². The monoisotopic (exact) mass is 291 g/mol. The smallest absolute Gasteiger partial charge is 0.263 e. The first-order valence-corrected chi connectivity index (χ1v) is 7.65. The first kappa shape index (κ1) is 14.3. The van der Waals surface area contributed by atoms with Crippen LogP contribution in [0.1, 0.15) is 11.1 Å². The lowest BCUT2D eigenvalue weighted by Crippen LogP contribution is -2.14. The van der Waals surface area contributed by atoms with Crippen molar-refractivity contribution in [1.29, 1.82) is 0 Å². The molecule has 0 atom stereocenters. The summed E-state index contributed by atoms with van der Waals surface area (Å²) >= 11 is 0. The molecule has 1 aromatic heterocycles. The third-order valence-electron chi connectivity index (χ3n) is 3.15. The van der Waals surface area contributed by atoms with E-state index in [1.807, 2.05) is 26.0 Å². The molecule has 0 saturated heterocycles. The molecule has 6 heteroatoms. The quantitative estimate of drug-likeness (QED) is 0.908. The number of aromatic nitrogens is 1. The molecule has 20 heavy (non-hydrogen) atoms. The fourth-order valence-corrected chi connectivity index (χ4v) is 2.82. The maximum absolute atomic E-state index is 12.3. The van der Waals surface area contributed by atoms with Crippen molar-refractivity contribution in [3.8, 4) is 0 Å². The molecule has 0 unspecified atom stereocenters. The minimum absolute atomic E-state index is 0.136. The van der Waals surface area contributed by atoms with Crippen LogP contribution in [-0.2, 0) is 10.0 Å². The van der Waals surface area contributed by atoms with Gasteiger partial charge in [-0.05, 0) is 43.2 Å². The summed E-state index contributed by atoms with van der Waals surface area (Å²) in [5.41, 5.74) is 2.53. The van der Waals surface area contributed by atoms with E-state index in [1.165, 1.54) is 12.3 Å². The van der Waals surface area contributed by atoms with Gasteiger partial charge in [0.25, 0.3) is 10.0 Å². The van der Waals surface area contributed by atoms with Crippen LogP contribution < -0.4 is 10.0 Å². The van der Waals surface area contributed by atoms with Gasteiger partial charge in [0.15, 0.2) is 0 Å². The summed E-state index contributed by atoms with van der Waals surface area (Å²) in [6.45, 7) is 3.83. The van der Waals surface area contributed by atoms with Gasteiger partial charge in [-0.1, -0.05) is 12.1 Å². The summed E-state index contributed by atoms with van der Waals surface area (Å²) in [5, 5.41) is 2.85. The first-order chi connectivity index (χ1) is 9.44. The third kappa shape index (κ3) is 2.91. The van der Waals surface area contributed by atoms with Gasteiger partial charge in [0.1, 0.15) is 10.7 Å². The standard InChI is InChI=1S/C14H17N3O2S/c1-10-5-4-6-13(11(10)2)17-20(18,19)12-7-8-14(15-3)16-9-12/h4-9,17H,1-3H3,(H,15,16). The number of anilines is 2. The number of hydrogen-bond donors (Lipinski definition) is 2. The summed E-state index contributed by atoms with van der Waals surface area (Å²) in [5.74, 6) is 0.621. The number of sulfonamides is 1. The Bertz CT molecular complexity index is 710. The maximum Gasteiger partial charge on any atom is 0.263 e. The van der Waals surface area contributed by atoms with E-state index in [9.17, 15) is 8.42 Å². The van der Waals surface area contributed by atoms with Gasteiger partial charge >= 0.3 is 0 Å². The van der Waals surface area contributed by atoms with E-state index in [1.54, 1.807) is 19.2 Å². The molecule has 106 valence electrons. The minimum Gasteiger partial charge on any atom is -0.373 e. The van der Waals surface area contributed by atoms with Crippen LogP contribution in [0, 0.1) is 13.8 Å². The van der Waals surface area contributed by atoms with E-state index in [0.29, 0.717) is 11.5 Å². The van der Waals surface area contributed by atoms with Crippen molar-refractivity contribution in [3.63, 3.8) is 0 Å². The second kappa shape index (κ2) is 5.50. The van der Waals surface area contributed by atoms with Crippen molar-refractivity contribution in [1.82, 2.24) is 4.98 Å². The minimum atomic E-state index is -3.62. The number of hydrogen-bond acceptors (Lipinski definition) is 4. The molecule has 0 saturated carbocycles. The van der Waals surface area contributed by atoms with E-state index in [4.69, 9.17) is 0 Å². The van der Waals surface area contributed by atoms with Crippen molar-refractivity contribution in [2.24, 2.45) is 0 Å². The third-order valence-corrected chi connectivity index (χ3v) is 4.50. The number of benzene rings is 1. The molecule has 0 radical (unpaired) electrons. The molecule has 1 aromatic carbocycles. The zero-order valence-electron chi connectivity index (χ0n) is 11.6. The molecule has 0 spiro atoms. The van der Waals surface area contributed by atoms with Crippen LogP contribution in [0.4, 0.5) is 11.5 Å². The SMILES string of the molecule is CNc1ccc(S(=O)(=O)Nc2cccc(C)c2C)cn1. The lowest BCUT2D eigenvalue weighted by molar-refractivity contribution is 0.601. The van der Waals surface area contributed by atoms with Crippen molar-refractivity contribution in [2.45, 2.75) is 18.7 Å². The Morgan fingerprint density at radius 2 is 1.85 bits per heavy atom.